The fourth-order valence-corrected chi connectivity index (χ4v) is 3.02. The van der Waals surface area contributed by atoms with E-state index in [4.69, 9.17) is 14.4 Å². The maximum Gasteiger partial charge on any atom is 0.259 e. The van der Waals surface area contributed by atoms with Crippen LogP contribution in [0, 0.1) is 11.3 Å². The third-order valence-corrected chi connectivity index (χ3v) is 4.10. The van der Waals surface area contributed by atoms with E-state index < -0.39 is 0 Å². The van der Waals surface area contributed by atoms with E-state index in [0.29, 0.717) is 23.1 Å². The van der Waals surface area contributed by atoms with Crippen molar-refractivity contribution in [2.45, 2.75) is 32.8 Å². The van der Waals surface area contributed by atoms with Crippen LogP contribution in [-0.4, -0.2) is 15.2 Å². The van der Waals surface area contributed by atoms with Crippen molar-refractivity contribution < 1.29 is 9.15 Å². The van der Waals surface area contributed by atoms with E-state index in [1.807, 2.05) is 0 Å². The number of ether oxygens (including phenoxy) is 1. The first-order valence-corrected chi connectivity index (χ1v) is 8.25. The average Bonchev–Trinajstić information content (AvgIpc) is 3.21. The van der Waals surface area contributed by atoms with Gasteiger partial charge in [-0.25, -0.2) is 4.98 Å². The van der Waals surface area contributed by atoms with Crippen LogP contribution in [0.1, 0.15) is 37.9 Å². The van der Waals surface area contributed by atoms with E-state index in [2.05, 4.69) is 42.0 Å². The average molecular weight is 340 g/mol. The van der Waals surface area contributed by atoms with Crippen LogP contribution >= 0.6 is 11.3 Å². The summed E-state index contributed by atoms with van der Waals surface area (Å²) in [6.07, 6.45) is 0. The summed E-state index contributed by atoms with van der Waals surface area (Å²) in [6.45, 7) is 6.45. The number of rotatable bonds is 4. The molecule has 0 bridgehead atoms. The molecule has 3 rings (SSSR count). The van der Waals surface area contributed by atoms with E-state index in [0.717, 1.165) is 10.6 Å². The fraction of sp³-hybridized carbons (Fsp3) is 0.294. The quantitative estimate of drug-likeness (QED) is 0.715. The van der Waals surface area contributed by atoms with Gasteiger partial charge in [-0.2, -0.15) is 5.26 Å². The number of aromatic nitrogens is 3. The Balaban J connectivity index is 1.72. The fourth-order valence-electron chi connectivity index (χ4n) is 2.11. The van der Waals surface area contributed by atoms with Gasteiger partial charge in [0.25, 0.3) is 11.8 Å². The molecule has 0 aliphatic rings. The molecule has 3 aromatic rings. The minimum Gasteiger partial charge on any atom is -0.484 e. The number of hydrogen-bond acceptors (Lipinski definition) is 7. The summed E-state index contributed by atoms with van der Waals surface area (Å²) in [5.74, 6) is 1.49. The molecule has 6 nitrogen and oxygen atoms in total. The largest absolute Gasteiger partial charge is 0.484 e. The highest BCUT2D eigenvalue weighted by molar-refractivity contribution is 7.13. The van der Waals surface area contributed by atoms with Crippen LogP contribution in [0.4, 0.5) is 0 Å². The first kappa shape index (κ1) is 16.1. The van der Waals surface area contributed by atoms with E-state index in [9.17, 15) is 0 Å². The van der Waals surface area contributed by atoms with Gasteiger partial charge < -0.3 is 9.15 Å². The Bertz CT molecular complexity index is 869. The molecular formula is C17H16N4O2S. The molecule has 0 unspecified atom stereocenters. The number of benzene rings is 1. The number of hydrogen-bond donors (Lipinski definition) is 0. The van der Waals surface area contributed by atoms with Gasteiger partial charge in [0.05, 0.1) is 22.8 Å². The lowest BCUT2D eigenvalue weighted by molar-refractivity contribution is 0.264. The van der Waals surface area contributed by atoms with Crippen molar-refractivity contribution in [1.29, 1.82) is 5.26 Å². The summed E-state index contributed by atoms with van der Waals surface area (Å²) in [4.78, 5) is 5.30. The van der Waals surface area contributed by atoms with Crippen LogP contribution in [0.2, 0.25) is 0 Å². The monoisotopic (exact) mass is 340 g/mol. The normalized spacial score (nSPS) is 11.2. The van der Waals surface area contributed by atoms with Crippen LogP contribution in [0.3, 0.4) is 0 Å². The van der Waals surface area contributed by atoms with Gasteiger partial charge in [0.1, 0.15) is 10.6 Å². The molecule has 0 N–H and O–H groups in total. The van der Waals surface area contributed by atoms with Gasteiger partial charge in [0.2, 0.25) is 0 Å². The summed E-state index contributed by atoms with van der Waals surface area (Å²) in [7, 11) is 0. The minimum atomic E-state index is -0.0943. The van der Waals surface area contributed by atoms with E-state index in [1.165, 1.54) is 11.3 Å². The van der Waals surface area contributed by atoms with Crippen molar-refractivity contribution >= 4 is 11.3 Å². The predicted molar refractivity (Wildman–Crippen MR) is 89.6 cm³/mol. The predicted octanol–water partition coefficient (Wildman–Crippen LogP) is 3.94. The number of nitrogens with zero attached hydrogens (tertiary/aromatic N) is 4. The van der Waals surface area contributed by atoms with Gasteiger partial charge in [0, 0.05) is 5.41 Å². The third kappa shape index (κ3) is 3.44. The van der Waals surface area contributed by atoms with Crippen molar-refractivity contribution in [3.05, 3.63) is 46.9 Å². The van der Waals surface area contributed by atoms with Crippen LogP contribution in [0.25, 0.3) is 10.8 Å². The third-order valence-electron chi connectivity index (χ3n) is 3.28. The highest BCUT2D eigenvalue weighted by Crippen LogP contribution is 2.34. The second-order valence-corrected chi connectivity index (χ2v) is 7.06. The summed E-state index contributed by atoms with van der Waals surface area (Å²) in [5.41, 5.74) is 3.22. The van der Waals surface area contributed by atoms with Crippen molar-refractivity contribution in [1.82, 2.24) is 15.2 Å². The maximum absolute atomic E-state index is 8.78. The van der Waals surface area contributed by atoms with Crippen molar-refractivity contribution in [2.75, 3.05) is 0 Å². The zero-order chi connectivity index (χ0) is 17.2. The van der Waals surface area contributed by atoms with Gasteiger partial charge in [0.15, 0.2) is 6.61 Å². The van der Waals surface area contributed by atoms with Crippen molar-refractivity contribution in [2.24, 2.45) is 0 Å². The summed E-state index contributed by atoms with van der Waals surface area (Å²) >= 11 is 1.48. The van der Waals surface area contributed by atoms with E-state index in [-0.39, 0.29) is 12.0 Å². The highest BCUT2D eigenvalue weighted by Gasteiger charge is 2.25. The van der Waals surface area contributed by atoms with Crippen molar-refractivity contribution in [3.63, 3.8) is 0 Å². The molecule has 0 fully saturated rings. The molecule has 1 aromatic carbocycles. The zero-order valence-electron chi connectivity index (χ0n) is 13.6. The molecule has 0 aliphatic heterocycles. The Morgan fingerprint density at radius 1 is 1.21 bits per heavy atom. The van der Waals surface area contributed by atoms with Gasteiger partial charge >= 0.3 is 0 Å². The lowest BCUT2D eigenvalue weighted by atomic mass is 9.91. The van der Waals surface area contributed by atoms with Crippen LogP contribution in [0.15, 0.2) is 34.2 Å². The van der Waals surface area contributed by atoms with Gasteiger partial charge in [-0.1, -0.05) is 20.8 Å². The van der Waals surface area contributed by atoms with Gasteiger partial charge in [-0.3, -0.25) is 0 Å². The van der Waals surface area contributed by atoms with Crippen LogP contribution in [0.5, 0.6) is 5.75 Å². The Labute approximate surface area is 143 Å². The molecule has 2 heterocycles. The van der Waals surface area contributed by atoms with Crippen molar-refractivity contribution in [3.8, 4) is 22.6 Å². The molecule has 0 saturated carbocycles. The van der Waals surface area contributed by atoms with Crippen LogP contribution in [-0.2, 0) is 12.0 Å². The highest BCUT2D eigenvalue weighted by atomic mass is 32.1. The Morgan fingerprint density at radius 2 is 1.96 bits per heavy atom. The molecule has 0 radical (unpaired) electrons. The first-order chi connectivity index (χ1) is 11.5. The smallest absolute Gasteiger partial charge is 0.259 e. The lowest BCUT2D eigenvalue weighted by Gasteiger charge is -2.16. The molecule has 122 valence electrons. The van der Waals surface area contributed by atoms with Gasteiger partial charge in [-0.15, -0.1) is 21.5 Å². The standard InChI is InChI=1S/C17H16N4O2S/c1-17(2,3)15-14(24-10-19-15)16-21-20-13(23-16)9-22-12-6-4-11(8-18)5-7-12/h4-7,10H,9H2,1-3H3. The molecule has 0 atom stereocenters. The summed E-state index contributed by atoms with van der Waals surface area (Å²) in [6, 6.07) is 8.92. The molecule has 0 spiro atoms. The van der Waals surface area contributed by atoms with E-state index in [1.54, 1.807) is 29.8 Å². The minimum absolute atomic E-state index is 0.0943. The summed E-state index contributed by atoms with van der Waals surface area (Å²) in [5, 5.41) is 16.9. The first-order valence-electron chi connectivity index (χ1n) is 7.37. The van der Waals surface area contributed by atoms with E-state index >= 15 is 0 Å². The number of nitriles is 1. The SMILES string of the molecule is CC(C)(C)c1ncsc1-c1nnc(COc2ccc(C#N)cc2)o1. The zero-order valence-corrected chi connectivity index (χ0v) is 14.4. The molecule has 0 saturated heterocycles. The second-order valence-electron chi connectivity index (χ2n) is 6.21. The van der Waals surface area contributed by atoms with Crippen LogP contribution < -0.4 is 4.74 Å². The lowest BCUT2D eigenvalue weighted by Crippen LogP contribution is -2.12. The molecule has 0 amide bonds. The molecule has 7 heteroatoms. The summed E-state index contributed by atoms with van der Waals surface area (Å²) < 4.78 is 11.3. The molecule has 24 heavy (non-hydrogen) atoms. The van der Waals surface area contributed by atoms with Gasteiger partial charge in [-0.05, 0) is 24.3 Å². The maximum atomic E-state index is 8.78. The molecule has 2 aromatic heterocycles. The molecular weight excluding hydrogens is 324 g/mol. The molecule has 0 aliphatic carbocycles. The Hall–Kier alpha value is -2.72. The number of thiazole rings is 1. The topological polar surface area (TPSA) is 84.8 Å². The Kier molecular flexibility index (Phi) is 4.32. The Morgan fingerprint density at radius 3 is 2.62 bits per heavy atom. The second kappa shape index (κ2) is 6.42.